The van der Waals surface area contributed by atoms with Gasteiger partial charge in [-0.3, -0.25) is 4.68 Å². The molecule has 5 nitrogen and oxygen atoms in total. The Morgan fingerprint density at radius 2 is 2.00 bits per heavy atom. The van der Waals surface area contributed by atoms with Crippen molar-refractivity contribution in [3.05, 3.63) is 65.0 Å². The van der Waals surface area contributed by atoms with Crippen molar-refractivity contribution in [3.63, 3.8) is 0 Å². The highest BCUT2D eigenvalue weighted by molar-refractivity contribution is 9.10. The fourth-order valence-corrected chi connectivity index (χ4v) is 2.31. The number of pyridine rings is 1. The van der Waals surface area contributed by atoms with Gasteiger partial charge in [0.15, 0.2) is 0 Å². The average Bonchev–Trinajstić information content (AvgIpc) is 2.91. The summed E-state index contributed by atoms with van der Waals surface area (Å²) in [5, 5.41) is 7.62. The third-order valence-electron chi connectivity index (χ3n) is 2.98. The summed E-state index contributed by atoms with van der Waals surface area (Å²) in [6.45, 7) is 0.738. The van der Waals surface area contributed by atoms with Crippen LogP contribution in [-0.4, -0.2) is 14.8 Å². The first-order valence-electron chi connectivity index (χ1n) is 6.45. The summed E-state index contributed by atoms with van der Waals surface area (Å²) < 4.78 is 2.74. The van der Waals surface area contributed by atoms with E-state index < -0.39 is 0 Å². The Labute approximate surface area is 130 Å². The molecule has 0 unspecified atom stereocenters. The van der Waals surface area contributed by atoms with E-state index in [9.17, 15) is 0 Å². The summed E-state index contributed by atoms with van der Waals surface area (Å²) >= 11 is 3.44. The van der Waals surface area contributed by atoms with Crippen LogP contribution in [0.25, 0.3) is 0 Å². The highest BCUT2D eigenvalue weighted by Crippen LogP contribution is 2.26. The molecular weight excluding hydrogens is 330 g/mol. The van der Waals surface area contributed by atoms with Gasteiger partial charge in [0.2, 0.25) is 0 Å². The van der Waals surface area contributed by atoms with E-state index in [4.69, 9.17) is 5.73 Å². The largest absolute Gasteiger partial charge is 0.384 e. The molecule has 0 aliphatic carbocycles. The van der Waals surface area contributed by atoms with E-state index in [-0.39, 0.29) is 0 Å². The second-order valence-corrected chi connectivity index (χ2v) is 5.48. The number of aromatic nitrogens is 3. The van der Waals surface area contributed by atoms with E-state index in [1.807, 2.05) is 29.1 Å². The molecule has 6 heteroatoms. The van der Waals surface area contributed by atoms with Crippen LogP contribution in [-0.2, 0) is 6.54 Å². The van der Waals surface area contributed by atoms with Crippen molar-refractivity contribution in [1.82, 2.24) is 14.8 Å². The maximum atomic E-state index is 5.70. The van der Waals surface area contributed by atoms with Gasteiger partial charge in [0.1, 0.15) is 5.82 Å². The van der Waals surface area contributed by atoms with Crippen LogP contribution in [0.4, 0.5) is 17.2 Å². The molecule has 106 valence electrons. The summed E-state index contributed by atoms with van der Waals surface area (Å²) in [7, 11) is 0. The lowest BCUT2D eigenvalue weighted by Crippen LogP contribution is -1.99. The van der Waals surface area contributed by atoms with Crippen LogP contribution in [0.15, 0.2) is 59.5 Å². The molecule has 0 spiro atoms. The highest BCUT2D eigenvalue weighted by Gasteiger charge is 2.04. The molecule has 0 fully saturated rings. The standard InChI is InChI=1S/C15H14BrN5/c16-13-8-18-15(17)6-14(13)20-12-7-19-21(10-12)9-11-4-2-1-3-5-11/h1-8,10H,9H2,(H3,17,18,20). The number of hydrogen-bond donors (Lipinski definition) is 2. The van der Waals surface area contributed by atoms with Gasteiger partial charge >= 0.3 is 0 Å². The number of benzene rings is 1. The molecule has 3 N–H and O–H groups in total. The highest BCUT2D eigenvalue weighted by atomic mass is 79.9. The zero-order valence-electron chi connectivity index (χ0n) is 11.2. The minimum atomic E-state index is 0.470. The molecule has 0 radical (unpaired) electrons. The van der Waals surface area contributed by atoms with Gasteiger partial charge < -0.3 is 11.1 Å². The molecule has 0 atom stereocenters. The normalized spacial score (nSPS) is 10.5. The molecule has 2 aromatic heterocycles. The van der Waals surface area contributed by atoms with Gasteiger partial charge in [-0.2, -0.15) is 5.10 Å². The summed E-state index contributed by atoms with van der Waals surface area (Å²) in [5.41, 5.74) is 8.67. The van der Waals surface area contributed by atoms with Crippen LogP contribution in [0, 0.1) is 0 Å². The van der Waals surface area contributed by atoms with Crippen LogP contribution in [0.5, 0.6) is 0 Å². The first kappa shape index (κ1) is 13.6. The first-order valence-corrected chi connectivity index (χ1v) is 7.24. The summed E-state index contributed by atoms with van der Waals surface area (Å²) in [6, 6.07) is 12.0. The van der Waals surface area contributed by atoms with Gasteiger partial charge in [-0.1, -0.05) is 30.3 Å². The van der Waals surface area contributed by atoms with Gasteiger partial charge in [0.05, 0.1) is 28.6 Å². The fraction of sp³-hybridized carbons (Fsp3) is 0.0667. The predicted octanol–water partition coefficient (Wildman–Crippen LogP) is 3.41. The Bertz CT molecular complexity index is 739. The van der Waals surface area contributed by atoms with Crippen LogP contribution in [0.3, 0.4) is 0 Å². The summed E-state index contributed by atoms with van der Waals surface area (Å²) in [5.74, 6) is 0.470. The van der Waals surface area contributed by atoms with E-state index >= 15 is 0 Å². The quantitative estimate of drug-likeness (QED) is 0.761. The second kappa shape index (κ2) is 5.97. The van der Waals surface area contributed by atoms with Crippen molar-refractivity contribution in [2.75, 3.05) is 11.1 Å². The topological polar surface area (TPSA) is 68.8 Å². The number of rotatable bonds is 4. The number of anilines is 3. The van der Waals surface area contributed by atoms with Crippen LogP contribution < -0.4 is 11.1 Å². The lowest BCUT2D eigenvalue weighted by atomic mass is 10.2. The van der Waals surface area contributed by atoms with E-state index in [1.54, 1.807) is 18.5 Å². The monoisotopic (exact) mass is 343 g/mol. The van der Waals surface area contributed by atoms with Gasteiger partial charge in [-0.15, -0.1) is 0 Å². The number of nitrogen functional groups attached to an aromatic ring is 1. The lowest BCUT2D eigenvalue weighted by molar-refractivity contribution is 0.687. The molecular formula is C15H14BrN5. The SMILES string of the molecule is Nc1cc(Nc2cnn(Cc3ccccc3)c2)c(Br)cn1. The summed E-state index contributed by atoms with van der Waals surface area (Å²) in [6.07, 6.45) is 5.41. The zero-order valence-corrected chi connectivity index (χ0v) is 12.8. The number of nitrogens with one attached hydrogen (secondary N) is 1. The van der Waals surface area contributed by atoms with E-state index in [1.165, 1.54) is 5.56 Å². The molecule has 3 aromatic rings. The molecule has 0 aliphatic rings. The summed E-state index contributed by atoms with van der Waals surface area (Å²) in [4.78, 5) is 4.01. The van der Waals surface area contributed by atoms with Crippen LogP contribution in [0.1, 0.15) is 5.56 Å². The Morgan fingerprint density at radius 3 is 2.81 bits per heavy atom. The van der Waals surface area contributed by atoms with Gasteiger partial charge in [0.25, 0.3) is 0 Å². The van der Waals surface area contributed by atoms with Crippen molar-refractivity contribution in [1.29, 1.82) is 0 Å². The van der Waals surface area contributed by atoms with Gasteiger partial charge in [-0.05, 0) is 21.5 Å². The fourth-order valence-electron chi connectivity index (χ4n) is 1.99. The van der Waals surface area contributed by atoms with Crippen LogP contribution >= 0.6 is 15.9 Å². The minimum Gasteiger partial charge on any atom is -0.384 e. The third kappa shape index (κ3) is 3.41. The van der Waals surface area contributed by atoms with Gasteiger partial charge in [-0.25, -0.2) is 4.98 Å². The van der Waals surface area contributed by atoms with Crippen molar-refractivity contribution < 1.29 is 0 Å². The van der Waals surface area contributed by atoms with Crippen molar-refractivity contribution in [2.45, 2.75) is 6.54 Å². The average molecular weight is 344 g/mol. The third-order valence-corrected chi connectivity index (χ3v) is 3.61. The van der Waals surface area contributed by atoms with E-state index in [2.05, 4.69) is 43.5 Å². The maximum absolute atomic E-state index is 5.70. The predicted molar refractivity (Wildman–Crippen MR) is 87.4 cm³/mol. The Kier molecular flexibility index (Phi) is 3.87. The maximum Gasteiger partial charge on any atom is 0.125 e. The molecule has 21 heavy (non-hydrogen) atoms. The Hall–Kier alpha value is -2.34. The molecule has 2 heterocycles. The number of halogens is 1. The second-order valence-electron chi connectivity index (χ2n) is 4.63. The number of nitrogens with two attached hydrogens (primary N) is 1. The number of nitrogens with zero attached hydrogens (tertiary/aromatic N) is 3. The molecule has 0 amide bonds. The molecule has 1 aromatic carbocycles. The molecule has 3 rings (SSSR count). The molecule has 0 saturated carbocycles. The molecule has 0 bridgehead atoms. The van der Waals surface area contributed by atoms with E-state index in [0.29, 0.717) is 5.82 Å². The van der Waals surface area contributed by atoms with Crippen molar-refractivity contribution in [3.8, 4) is 0 Å². The molecule has 0 aliphatic heterocycles. The van der Waals surface area contributed by atoms with E-state index in [0.717, 1.165) is 22.4 Å². The van der Waals surface area contributed by atoms with Gasteiger partial charge in [0, 0.05) is 18.5 Å². The lowest BCUT2D eigenvalue weighted by Gasteiger charge is -2.06. The van der Waals surface area contributed by atoms with Crippen LogP contribution in [0.2, 0.25) is 0 Å². The minimum absolute atomic E-state index is 0.470. The Morgan fingerprint density at radius 1 is 1.19 bits per heavy atom. The van der Waals surface area contributed by atoms with Crippen molar-refractivity contribution in [2.24, 2.45) is 0 Å². The van der Waals surface area contributed by atoms with Crippen molar-refractivity contribution >= 4 is 33.1 Å². The molecule has 0 saturated heterocycles. The Balaban J connectivity index is 1.75. The zero-order chi connectivity index (χ0) is 14.7. The first-order chi connectivity index (χ1) is 10.2. The number of hydrogen-bond acceptors (Lipinski definition) is 4. The smallest absolute Gasteiger partial charge is 0.125 e.